The lowest BCUT2D eigenvalue weighted by atomic mass is 10.0. The quantitative estimate of drug-likeness (QED) is 0.309. The summed E-state index contributed by atoms with van der Waals surface area (Å²) in [7, 11) is 0. The molecule has 0 aliphatic carbocycles. The Balaban J connectivity index is 1.50. The number of halogens is 1. The first-order valence-electron chi connectivity index (χ1n) is 11.0. The maximum Gasteiger partial charge on any atom is 0.205 e. The van der Waals surface area contributed by atoms with Crippen molar-refractivity contribution in [2.75, 3.05) is 0 Å². The average molecular weight is 462 g/mol. The van der Waals surface area contributed by atoms with Crippen molar-refractivity contribution in [3.05, 3.63) is 70.8 Å². The summed E-state index contributed by atoms with van der Waals surface area (Å²) >= 11 is 6.30. The molecule has 5 aromatic rings. The number of imidazole rings is 1. The van der Waals surface area contributed by atoms with Gasteiger partial charge in [0.05, 0.1) is 12.3 Å². The Kier molecular flexibility index (Phi) is 5.93. The summed E-state index contributed by atoms with van der Waals surface area (Å²) in [5, 5.41) is 25.8. The van der Waals surface area contributed by atoms with E-state index in [1.807, 2.05) is 28.8 Å². The molecule has 0 spiro atoms. The number of aliphatic hydroxyl groups is 1. The zero-order valence-electron chi connectivity index (χ0n) is 18.2. The maximum absolute atomic E-state index is 9.85. The lowest BCUT2D eigenvalue weighted by Gasteiger charge is -2.11. The number of aryl methyl sites for hydroxylation is 1. The van der Waals surface area contributed by atoms with Gasteiger partial charge in [-0.05, 0) is 35.4 Å². The van der Waals surface area contributed by atoms with Gasteiger partial charge in [-0.3, -0.25) is 0 Å². The van der Waals surface area contributed by atoms with Crippen molar-refractivity contribution < 1.29 is 5.11 Å². The number of H-pyrrole nitrogens is 2. The summed E-state index contributed by atoms with van der Waals surface area (Å²) in [5.74, 6) is 1.47. The molecule has 0 radical (unpaired) electrons. The SMILES string of the molecule is CCCCc1nc(Cl)c(CO)n1Cc1ccc2[nH]c(-c3ccccc3-c3nn[nH]n3)cc2c1. The largest absolute Gasteiger partial charge is 0.390 e. The monoisotopic (exact) mass is 461 g/mol. The molecule has 0 atom stereocenters. The van der Waals surface area contributed by atoms with E-state index in [0.717, 1.165) is 58.4 Å². The van der Waals surface area contributed by atoms with Gasteiger partial charge in [0, 0.05) is 40.7 Å². The van der Waals surface area contributed by atoms with Crippen LogP contribution in [-0.2, 0) is 19.6 Å². The first-order chi connectivity index (χ1) is 16.2. The van der Waals surface area contributed by atoms with Gasteiger partial charge in [-0.2, -0.15) is 5.21 Å². The molecule has 0 unspecified atom stereocenters. The second kappa shape index (κ2) is 9.17. The zero-order valence-corrected chi connectivity index (χ0v) is 19.0. The predicted octanol–water partition coefficient (Wildman–Crippen LogP) is 4.75. The van der Waals surface area contributed by atoms with E-state index in [2.05, 4.69) is 61.8 Å². The first kappa shape index (κ1) is 21.4. The van der Waals surface area contributed by atoms with Gasteiger partial charge < -0.3 is 14.7 Å². The molecule has 168 valence electrons. The fourth-order valence-corrected chi connectivity index (χ4v) is 4.42. The van der Waals surface area contributed by atoms with E-state index >= 15 is 0 Å². The minimum Gasteiger partial charge on any atom is -0.390 e. The maximum atomic E-state index is 9.85. The Morgan fingerprint density at radius 1 is 1.09 bits per heavy atom. The van der Waals surface area contributed by atoms with E-state index in [0.29, 0.717) is 23.2 Å². The van der Waals surface area contributed by atoms with Gasteiger partial charge >= 0.3 is 0 Å². The summed E-state index contributed by atoms with van der Waals surface area (Å²) in [5.41, 5.74) is 5.69. The number of aromatic amines is 2. The van der Waals surface area contributed by atoms with Crippen molar-refractivity contribution >= 4 is 22.5 Å². The van der Waals surface area contributed by atoms with Crippen molar-refractivity contribution in [3.63, 3.8) is 0 Å². The second-order valence-corrected chi connectivity index (χ2v) is 8.36. The molecule has 2 aromatic carbocycles. The number of nitrogens with zero attached hydrogens (tertiary/aromatic N) is 5. The molecule has 9 heteroatoms. The van der Waals surface area contributed by atoms with E-state index in [-0.39, 0.29) is 6.61 Å². The highest BCUT2D eigenvalue weighted by molar-refractivity contribution is 6.30. The van der Waals surface area contributed by atoms with Crippen molar-refractivity contribution in [1.82, 2.24) is 35.2 Å². The summed E-state index contributed by atoms with van der Waals surface area (Å²) < 4.78 is 2.04. The lowest BCUT2D eigenvalue weighted by molar-refractivity contribution is 0.271. The van der Waals surface area contributed by atoms with Crippen LogP contribution in [0, 0.1) is 0 Å². The molecule has 33 heavy (non-hydrogen) atoms. The number of nitrogens with one attached hydrogen (secondary N) is 2. The summed E-state index contributed by atoms with van der Waals surface area (Å²) in [4.78, 5) is 8.00. The molecule has 0 saturated heterocycles. The molecular weight excluding hydrogens is 438 g/mol. The van der Waals surface area contributed by atoms with Crippen LogP contribution in [0.3, 0.4) is 0 Å². The number of fused-ring (bicyclic) bond motifs is 1. The highest BCUT2D eigenvalue weighted by atomic mass is 35.5. The van der Waals surface area contributed by atoms with Crippen LogP contribution in [0.5, 0.6) is 0 Å². The fourth-order valence-electron chi connectivity index (χ4n) is 4.17. The van der Waals surface area contributed by atoms with E-state index < -0.39 is 0 Å². The smallest absolute Gasteiger partial charge is 0.205 e. The molecule has 0 bridgehead atoms. The van der Waals surface area contributed by atoms with Crippen molar-refractivity contribution in [2.24, 2.45) is 0 Å². The molecule has 3 aromatic heterocycles. The molecule has 0 aliphatic heterocycles. The average Bonchev–Trinajstić information content (AvgIpc) is 3.57. The van der Waals surface area contributed by atoms with Crippen LogP contribution in [0.4, 0.5) is 0 Å². The Labute approximate surface area is 195 Å². The second-order valence-electron chi connectivity index (χ2n) is 8.00. The van der Waals surface area contributed by atoms with Gasteiger partial charge in [0.25, 0.3) is 0 Å². The third-order valence-corrected chi connectivity index (χ3v) is 6.14. The van der Waals surface area contributed by atoms with Crippen LogP contribution in [0.15, 0.2) is 48.5 Å². The van der Waals surface area contributed by atoms with Gasteiger partial charge in [-0.25, -0.2) is 4.98 Å². The standard InChI is InChI=1S/C24H24ClN7O/c1-2-3-8-22-27-23(25)21(14-33)32(22)13-15-9-10-19-16(11-15)12-20(26-19)17-6-4-5-7-18(17)24-28-30-31-29-24/h4-7,9-12,26,33H,2-3,8,13-14H2,1H3,(H,28,29,30,31). The predicted molar refractivity (Wildman–Crippen MR) is 128 cm³/mol. The first-order valence-corrected chi connectivity index (χ1v) is 11.3. The van der Waals surface area contributed by atoms with E-state index in [4.69, 9.17) is 11.6 Å². The molecule has 0 saturated carbocycles. The van der Waals surface area contributed by atoms with Crippen LogP contribution < -0.4 is 0 Å². The molecule has 5 rings (SSSR count). The number of aliphatic hydroxyl groups excluding tert-OH is 1. The van der Waals surface area contributed by atoms with Crippen LogP contribution in [0.2, 0.25) is 5.15 Å². The number of tetrazole rings is 1. The summed E-state index contributed by atoms with van der Waals surface area (Å²) in [6, 6.07) is 16.4. The van der Waals surface area contributed by atoms with Crippen LogP contribution in [0.25, 0.3) is 33.5 Å². The van der Waals surface area contributed by atoms with E-state index in [1.54, 1.807) is 0 Å². The third-order valence-electron chi connectivity index (χ3n) is 5.84. The number of aromatic nitrogens is 7. The number of hydrogen-bond donors (Lipinski definition) is 3. The Morgan fingerprint density at radius 3 is 2.70 bits per heavy atom. The minimum absolute atomic E-state index is 0.138. The van der Waals surface area contributed by atoms with Gasteiger partial charge in [0.2, 0.25) is 5.82 Å². The molecule has 3 heterocycles. The Hall–Kier alpha value is -3.49. The number of hydrogen-bond acceptors (Lipinski definition) is 5. The third kappa shape index (κ3) is 4.15. The van der Waals surface area contributed by atoms with Crippen molar-refractivity contribution in [1.29, 1.82) is 0 Å². The molecule has 0 aliphatic rings. The Morgan fingerprint density at radius 2 is 1.94 bits per heavy atom. The number of unbranched alkanes of at least 4 members (excludes halogenated alkanes) is 1. The van der Waals surface area contributed by atoms with Crippen molar-refractivity contribution in [2.45, 2.75) is 39.3 Å². The highest BCUT2D eigenvalue weighted by Gasteiger charge is 2.16. The van der Waals surface area contributed by atoms with Gasteiger partial charge in [-0.1, -0.05) is 55.3 Å². The van der Waals surface area contributed by atoms with Crippen molar-refractivity contribution in [3.8, 4) is 22.6 Å². The molecular formula is C24H24ClN7O. The topological polar surface area (TPSA) is 108 Å². The molecule has 0 fully saturated rings. The summed E-state index contributed by atoms with van der Waals surface area (Å²) in [6.45, 7) is 2.61. The number of rotatable bonds is 8. The lowest BCUT2D eigenvalue weighted by Crippen LogP contribution is -2.09. The van der Waals surface area contributed by atoms with Crippen LogP contribution in [0.1, 0.15) is 36.8 Å². The fraction of sp³-hybridized carbons (Fsp3) is 0.250. The Bertz CT molecular complexity index is 1390. The van der Waals surface area contributed by atoms with E-state index in [1.165, 1.54) is 0 Å². The van der Waals surface area contributed by atoms with Gasteiger partial charge in [-0.15, -0.1) is 10.2 Å². The van der Waals surface area contributed by atoms with E-state index in [9.17, 15) is 5.11 Å². The highest BCUT2D eigenvalue weighted by Crippen LogP contribution is 2.32. The summed E-state index contributed by atoms with van der Waals surface area (Å²) in [6.07, 6.45) is 2.93. The van der Waals surface area contributed by atoms with Crippen LogP contribution >= 0.6 is 11.6 Å². The zero-order chi connectivity index (χ0) is 22.8. The van der Waals surface area contributed by atoms with Gasteiger partial charge in [0.1, 0.15) is 5.82 Å². The normalized spacial score (nSPS) is 11.5. The minimum atomic E-state index is -0.138. The molecule has 8 nitrogen and oxygen atoms in total. The van der Waals surface area contributed by atoms with Crippen LogP contribution in [-0.4, -0.2) is 40.3 Å². The molecule has 3 N–H and O–H groups in total. The van der Waals surface area contributed by atoms with Gasteiger partial charge in [0.15, 0.2) is 5.15 Å². The molecule has 0 amide bonds. The number of benzene rings is 2.